The molecule has 1 aliphatic rings. The molecule has 0 aliphatic heterocycles. The Morgan fingerprint density at radius 2 is 1.87 bits per heavy atom. The normalized spacial score (nSPS) is 30.7. The minimum Gasteiger partial charge on any atom is -0.345 e. The van der Waals surface area contributed by atoms with Crippen LogP contribution in [0.3, 0.4) is 0 Å². The average Bonchev–Trinajstić information content (AvgIpc) is 2.20. The van der Waals surface area contributed by atoms with Crippen molar-refractivity contribution in [2.75, 3.05) is 0 Å². The molecule has 86 valence electrons. The Kier molecular flexibility index (Phi) is 4.08. The molecular formula is C10H19N3O2. The molecule has 0 aromatic rings. The summed E-state index contributed by atoms with van der Waals surface area (Å²) in [5.41, 5.74) is 1.83. The standard InChI is InChI=1S/C10H19N3O2/c1-6-3-4-8(7(2)5-6)12-9(14)10(15)13-11/h6-8H,3-5,11H2,1-2H3,(H,12,14)(H,13,15). The summed E-state index contributed by atoms with van der Waals surface area (Å²) in [5, 5.41) is 2.71. The van der Waals surface area contributed by atoms with Crippen molar-refractivity contribution in [1.82, 2.24) is 10.7 Å². The fourth-order valence-electron chi connectivity index (χ4n) is 2.18. The number of amides is 2. The van der Waals surface area contributed by atoms with E-state index in [1.807, 2.05) is 5.43 Å². The predicted octanol–water partition coefficient (Wildman–Crippen LogP) is -0.0828. The molecule has 3 atom stereocenters. The zero-order chi connectivity index (χ0) is 11.4. The van der Waals surface area contributed by atoms with Gasteiger partial charge in [-0.25, -0.2) is 5.84 Å². The molecule has 0 saturated heterocycles. The zero-order valence-corrected chi connectivity index (χ0v) is 9.25. The first kappa shape index (κ1) is 12.0. The van der Waals surface area contributed by atoms with E-state index in [4.69, 9.17) is 5.84 Å². The number of hydrogen-bond donors (Lipinski definition) is 3. The van der Waals surface area contributed by atoms with Gasteiger partial charge in [-0.15, -0.1) is 0 Å². The molecular weight excluding hydrogens is 194 g/mol. The molecule has 2 amide bonds. The van der Waals surface area contributed by atoms with Gasteiger partial charge in [-0.1, -0.05) is 13.8 Å². The Bertz CT molecular complexity index is 255. The fourth-order valence-corrected chi connectivity index (χ4v) is 2.18. The van der Waals surface area contributed by atoms with E-state index in [0.29, 0.717) is 11.8 Å². The van der Waals surface area contributed by atoms with E-state index in [1.165, 1.54) is 0 Å². The summed E-state index contributed by atoms with van der Waals surface area (Å²) < 4.78 is 0. The van der Waals surface area contributed by atoms with Crippen molar-refractivity contribution in [3.63, 3.8) is 0 Å². The van der Waals surface area contributed by atoms with Gasteiger partial charge in [0.1, 0.15) is 0 Å². The number of carbonyl (C=O) groups is 2. The third kappa shape index (κ3) is 3.20. The van der Waals surface area contributed by atoms with Crippen LogP contribution in [0.1, 0.15) is 33.1 Å². The Morgan fingerprint density at radius 3 is 2.40 bits per heavy atom. The van der Waals surface area contributed by atoms with Crippen molar-refractivity contribution in [3.05, 3.63) is 0 Å². The van der Waals surface area contributed by atoms with Crippen LogP contribution in [0.25, 0.3) is 0 Å². The SMILES string of the molecule is CC1CCC(NC(=O)C(=O)NN)C(C)C1. The largest absolute Gasteiger partial charge is 0.345 e. The summed E-state index contributed by atoms with van der Waals surface area (Å²) in [5.74, 6) is 4.59. The van der Waals surface area contributed by atoms with Crippen molar-refractivity contribution in [2.45, 2.75) is 39.2 Å². The molecule has 0 bridgehead atoms. The van der Waals surface area contributed by atoms with Crippen LogP contribution >= 0.6 is 0 Å². The molecule has 1 saturated carbocycles. The zero-order valence-electron chi connectivity index (χ0n) is 9.25. The van der Waals surface area contributed by atoms with Crippen LogP contribution in [0.15, 0.2) is 0 Å². The van der Waals surface area contributed by atoms with Gasteiger partial charge in [0.05, 0.1) is 0 Å². The third-order valence-corrected chi connectivity index (χ3v) is 3.09. The topological polar surface area (TPSA) is 84.2 Å². The molecule has 1 rings (SSSR count). The maximum atomic E-state index is 11.3. The van der Waals surface area contributed by atoms with E-state index < -0.39 is 11.8 Å². The highest BCUT2D eigenvalue weighted by atomic mass is 16.2. The number of nitrogens with two attached hydrogens (primary N) is 1. The highest BCUT2D eigenvalue weighted by molar-refractivity contribution is 6.34. The average molecular weight is 213 g/mol. The Balaban J connectivity index is 2.45. The van der Waals surface area contributed by atoms with Gasteiger partial charge in [0, 0.05) is 6.04 Å². The second kappa shape index (κ2) is 5.11. The number of hydrogen-bond acceptors (Lipinski definition) is 3. The fraction of sp³-hybridized carbons (Fsp3) is 0.800. The summed E-state index contributed by atoms with van der Waals surface area (Å²) in [4.78, 5) is 22.2. The molecule has 0 radical (unpaired) electrons. The third-order valence-electron chi connectivity index (χ3n) is 3.09. The van der Waals surface area contributed by atoms with Crippen LogP contribution in [0.2, 0.25) is 0 Å². The van der Waals surface area contributed by atoms with E-state index >= 15 is 0 Å². The summed E-state index contributed by atoms with van der Waals surface area (Å²) in [7, 11) is 0. The summed E-state index contributed by atoms with van der Waals surface area (Å²) in [6, 6.07) is 0.103. The molecule has 5 nitrogen and oxygen atoms in total. The molecule has 5 heteroatoms. The van der Waals surface area contributed by atoms with Gasteiger partial charge < -0.3 is 5.32 Å². The first-order chi connectivity index (χ1) is 7.04. The number of hydrazine groups is 1. The minimum absolute atomic E-state index is 0.103. The maximum absolute atomic E-state index is 11.3. The molecule has 1 fully saturated rings. The lowest BCUT2D eigenvalue weighted by Gasteiger charge is -2.32. The van der Waals surface area contributed by atoms with Crippen LogP contribution < -0.4 is 16.6 Å². The van der Waals surface area contributed by atoms with E-state index in [2.05, 4.69) is 19.2 Å². The van der Waals surface area contributed by atoms with Gasteiger partial charge in [-0.05, 0) is 31.1 Å². The predicted molar refractivity (Wildman–Crippen MR) is 56.4 cm³/mol. The summed E-state index contributed by atoms with van der Waals surface area (Å²) in [6.07, 6.45) is 3.13. The van der Waals surface area contributed by atoms with Gasteiger partial charge in [0.25, 0.3) is 0 Å². The van der Waals surface area contributed by atoms with Crippen LogP contribution in [0, 0.1) is 11.8 Å². The quantitative estimate of drug-likeness (QED) is 0.246. The van der Waals surface area contributed by atoms with Crippen LogP contribution in [0.5, 0.6) is 0 Å². The molecule has 0 aromatic heterocycles. The first-order valence-electron chi connectivity index (χ1n) is 5.36. The molecule has 1 aliphatic carbocycles. The smallest absolute Gasteiger partial charge is 0.323 e. The Morgan fingerprint density at radius 1 is 1.20 bits per heavy atom. The van der Waals surface area contributed by atoms with E-state index in [1.54, 1.807) is 0 Å². The van der Waals surface area contributed by atoms with Crippen LogP contribution in [-0.4, -0.2) is 17.9 Å². The van der Waals surface area contributed by atoms with Gasteiger partial charge in [-0.3, -0.25) is 15.0 Å². The van der Waals surface area contributed by atoms with Crippen molar-refractivity contribution in [3.8, 4) is 0 Å². The van der Waals surface area contributed by atoms with Crippen LogP contribution in [-0.2, 0) is 9.59 Å². The van der Waals surface area contributed by atoms with Crippen molar-refractivity contribution in [1.29, 1.82) is 0 Å². The molecule has 15 heavy (non-hydrogen) atoms. The number of nitrogens with one attached hydrogen (secondary N) is 2. The summed E-state index contributed by atoms with van der Waals surface area (Å²) in [6.45, 7) is 4.31. The Hall–Kier alpha value is -1.10. The molecule has 3 unspecified atom stereocenters. The van der Waals surface area contributed by atoms with Gasteiger partial charge in [-0.2, -0.15) is 0 Å². The first-order valence-corrected chi connectivity index (χ1v) is 5.36. The molecule has 0 aromatic carbocycles. The van der Waals surface area contributed by atoms with E-state index in [-0.39, 0.29) is 6.04 Å². The van der Waals surface area contributed by atoms with E-state index in [9.17, 15) is 9.59 Å². The summed E-state index contributed by atoms with van der Waals surface area (Å²) >= 11 is 0. The second-order valence-corrected chi connectivity index (χ2v) is 4.45. The van der Waals surface area contributed by atoms with E-state index in [0.717, 1.165) is 19.3 Å². The van der Waals surface area contributed by atoms with Gasteiger partial charge in [0.15, 0.2) is 0 Å². The van der Waals surface area contributed by atoms with Crippen LogP contribution in [0.4, 0.5) is 0 Å². The number of carbonyl (C=O) groups excluding carboxylic acids is 2. The Labute approximate surface area is 89.8 Å². The lowest BCUT2D eigenvalue weighted by molar-refractivity contribution is -0.140. The van der Waals surface area contributed by atoms with Crippen molar-refractivity contribution in [2.24, 2.45) is 17.7 Å². The monoisotopic (exact) mass is 213 g/mol. The highest BCUT2D eigenvalue weighted by Gasteiger charge is 2.27. The van der Waals surface area contributed by atoms with Gasteiger partial charge in [0.2, 0.25) is 0 Å². The molecule has 4 N–H and O–H groups in total. The second-order valence-electron chi connectivity index (χ2n) is 4.45. The van der Waals surface area contributed by atoms with Crippen molar-refractivity contribution < 1.29 is 9.59 Å². The molecule has 0 spiro atoms. The highest BCUT2D eigenvalue weighted by Crippen LogP contribution is 2.28. The minimum atomic E-state index is -0.777. The van der Waals surface area contributed by atoms with Gasteiger partial charge >= 0.3 is 11.8 Å². The lowest BCUT2D eigenvalue weighted by Crippen LogP contribution is -2.49. The van der Waals surface area contributed by atoms with Crippen molar-refractivity contribution >= 4 is 11.8 Å². The lowest BCUT2D eigenvalue weighted by atomic mass is 9.80. The molecule has 0 heterocycles. The number of rotatable bonds is 1. The maximum Gasteiger partial charge on any atom is 0.323 e.